The summed E-state index contributed by atoms with van der Waals surface area (Å²) in [7, 11) is 0. The van der Waals surface area contributed by atoms with Gasteiger partial charge in [0.2, 0.25) is 0 Å². The zero-order chi connectivity index (χ0) is 14.7. The van der Waals surface area contributed by atoms with E-state index in [1.807, 2.05) is 23.6 Å². The Morgan fingerprint density at radius 3 is 3.00 bits per heavy atom. The fraction of sp³-hybridized carbons (Fsp3) is 0.267. The molecule has 0 spiro atoms. The Labute approximate surface area is 159 Å². The van der Waals surface area contributed by atoms with E-state index in [0.29, 0.717) is 19.1 Å². The lowest BCUT2D eigenvalue weighted by atomic mass is 10.0. The molecule has 2 aromatic rings. The Bertz CT molecular complexity index is 662. The van der Waals surface area contributed by atoms with Crippen molar-refractivity contribution in [2.75, 3.05) is 6.61 Å². The summed E-state index contributed by atoms with van der Waals surface area (Å²) in [5.41, 5.74) is 8.30. The van der Waals surface area contributed by atoms with Gasteiger partial charge in [0.05, 0.1) is 23.0 Å². The number of thiophene rings is 1. The molecule has 0 saturated carbocycles. The van der Waals surface area contributed by atoms with Crippen LogP contribution in [0, 0.1) is 0 Å². The van der Waals surface area contributed by atoms with Gasteiger partial charge in [0, 0.05) is 12.0 Å². The number of benzene rings is 1. The number of hydrogen-bond acceptors (Lipinski definition) is 3. The van der Waals surface area contributed by atoms with Crippen LogP contribution < -0.4 is 15.8 Å². The van der Waals surface area contributed by atoms with Gasteiger partial charge in [-0.15, -0.1) is 35.3 Å². The summed E-state index contributed by atoms with van der Waals surface area (Å²) in [6.45, 7) is 1.27. The van der Waals surface area contributed by atoms with Gasteiger partial charge in [-0.1, -0.05) is 18.2 Å². The molecule has 0 amide bonds. The number of hydrogen-bond donors (Lipinski definition) is 2. The summed E-state index contributed by atoms with van der Waals surface area (Å²) >= 11 is 5.16. The molecule has 22 heavy (non-hydrogen) atoms. The van der Waals surface area contributed by atoms with Crippen LogP contribution in [0.15, 0.2) is 44.5 Å². The first kappa shape index (κ1) is 17.6. The van der Waals surface area contributed by atoms with Gasteiger partial charge >= 0.3 is 0 Å². The third-order valence-corrected chi connectivity index (χ3v) is 5.20. The van der Waals surface area contributed by atoms with E-state index in [-0.39, 0.29) is 30.0 Å². The van der Waals surface area contributed by atoms with Gasteiger partial charge in [0.15, 0.2) is 5.96 Å². The molecule has 3 rings (SSSR count). The first-order chi connectivity index (χ1) is 10.2. The third kappa shape index (κ3) is 4.14. The number of nitrogens with two attached hydrogens (primary N) is 1. The Morgan fingerprint density at radius 1 is 1.41 bits per heavy atom. The molecule has 1 atom stereocenters. The average Bonchev–Trinajstić information content (AvgIpc) is 2.91. The molecule has 0 radical (unpaired) electrons. The zero-order valence-electron chi connectivity index (χ0n) is 11.8. The smallest absolute Gasteiger partial charge is 0.189 e. The summed E-state index contributed by atoms with van der Waals surface area (Å²) in [6.07, 6.45) is 0.884. The van der Waals surface area contributed by atoms with Crippen LogP contribution in [0.25, 0.3) is 0 Å². The predicted octanol–water partition coefficient (Wildman–Crippen LogP) is 4.06. The normalized spacial score (nSPS) is 17.1. The van der Waals surface area contributed by atoms with Crippen LogP contribution in [0.3, 0.4) is 0 Å². The van der Waals surface area contributed by atoms with Crippen molar-refractivity contribution in [2.45, 2.75) is 19.0 Å². The second kappa shape index (κ2) is 8.16. The maximum atomic E-state index is 6.01. The van der Waals surface area contributed by atoms with Crippen molar-refractivity contribution in [1.29, 1.82) is 0 Å². The number of aliphatic imine (C=N–C) groups is 1. The van der Waals surface area contributed by atoms with E-state index in [1.165, 1.54) is 0 Å². The second-order valence-corrected chi connectivity index (χ2v) is 7.03. The summed E-state index contributed by atoms with van der Waals surface area (Å²) in [5.74, 6) is 1.39. The Kier molecular flexibility index (Phi) is 6.51. The van der Waals surface area contributed by atoms with E-state index in [9.17, 15) is 0 Å². The second-order valence-electron chi connectivity index (χ2n) is 4.79. The summed E-state index contributed by atoms with van der Waals surface area (Å²) in [5, 5.41) is 5.33. The molecule has 118 valence electrons. The molecule has 1 aliphatic heterocycles. The fourth-order valence-electron chi connectivity index (χ4n) is 2.32. The molecular weight excluding hydrogens is 477 g/mol. The van der Waals surface area contributed by atoms with Crippen LogP contribution >= 0.6 is 51.2 Å². The first-order valence-corrected chi connectivity index (χ1v) is 8.41. The number of para-hydroxylation sites is 1. The zero-order valence-corrected chi connectivity index (χ0v) is 16.5. The predicted molar refractivity (Wildman–Crippen MR) is 105 cm³/mol. The van der Waals surface area contributed by atoms with Gasteiger partial charge in [0.25, 0.3) is 0 Å². The van der Waals surface area contributed by atoms with Crippen LogP contribution in [0.1, 0.15) is 23.6 Å². The monoisotopic (exact) mass is 493 g/mol. The van der Waals surface area contributed by atoms with Gasteiger partial charge in [-0.05, 0) is 39.0 Å². The molecule has 1 aliphatic rings. The molecule has 0 saturated heterocycles. The maximum Gasteiger partial charge on any atom is 0.189 e. The van der Waals surface area contributed by atoms with Gasteiger partial charge in [-0.25, -0.2) is 4.99 Å². The number of nitrogens with one attached hydrogen (secondary N) is 1. The lowest BCUT2D eigenvalue weighted by Crippen LogP contribution is -2.37. The number of guanidine groups is 1. The maximum absolute atomic E-state index is 6.01. The standard InChI is InChI=1S/C15H16BrN3OS.HI/c16-14-10(6-8-21-14)9-18-15(17)19-12-5-7-20-13-4-2-1-3-11(12)13;/h1-4,6,8,12H,5,7,9H2,(H3,17,18,19);1H. The minimum atomic E-state index is 0. The molecular formula is C15H17BrIN3OS. The Morgan fingerprint density at radius 2 is 2.23 bits per heavy atom. The number of rotatable bonds is 3. The lowest BCUT2D eigenvalue weighted by molar-refractivity contribution is 0.262. The molecule has 1 aromatic carbocycles. The minimum Gasteiger partial charge on any atom is -0.493 e. The molecule has 1 unspecified atom stereocenters. The van der Waals surface area contributed by atoms with Crippen molar-refractivity contribution in [3.63, 3.8) is 0 Å². The highest BCUT2D eigenvalue weighted by atomic mass is 127. The molecule has 2 heterocycles. The molecule has 0 fully saturated rings. The fourth-order valence-corrected chi connectivity index (χ4v) is 3.54. The van der Waals surface area contributed by atoms with Crippen molar-refractivity contribution >= 4 is 57.2 Å². The first-order valence-electron chi connectivity index (χ1n) is 6.74. The number of halogens is 2. The highest BCUT2D eigenvalue weighted by Crippen LogP contribution is 2.31. The number of fused-ring (bicyclic) bond motifs is 1. The quantitative estimate of drug-likeness (QED) is 0.385. The van der Waals surface area contributed by atoms with Crippen molar-refractivity contribution in [3.05, 3.63) is 50.6 Å². The molecule has 0 bridgehead atoms. The molecule has 4 nitrogen and oxygen atoms in total. The minimum absolute atomic E-state index is 0. The van der Waals surface area contributed by atoms with Crippen molar-refractivity contribution in [3.8, 4) is 5.75 Å². The highest BCUT2D eigenvalue weighted by molar-refractivity contribution is 14.0. The van der Waals surface area contributed by atoms with Crippen LogP contribution in [0.2, 0.25) is 0 Å². The van der Waals surface area contributed by atoms with Crippen LogP contribution in [-0.4, -0.2) is 12.6 Å². The van der Waals surface area contributed by atoms with E-state index in [4.69, 9.17) is 10.5 Å². The van der Waals surface area contributed by atoms with E-state index >= 15 is 0 Å². The van der Waals surface area contributed by atoms with E-state index in [1.54, 1.807) is 11.3 Å². The highest BCUT2D eigenvalue weighted by Gasteiger charge is 2.21. The molecule has 3 N–H and O–H groups in total. The molecule has 0 aliphatic carbocycles. The molecule has 1 aromatic heterocycles. The third-order valence-electron chi connectivity index (χ3n) is 3.39. The van der Waals surface area contributed by atoms with Crippen molar-refractivity contribution in [1.82, 2.24) is 5.32 Å². The van der Waals surface area contributed by atoms with Crippen LogP contribution in [0.4, 0.5) is 0 Å². The lowest BCUT2D eigenvalue weighted by Gasteiger charge is -2.26. The topological polar surface area (TPSA) is 59.6 Å². The van der Waals surface area contributed by atoms with Crippen LogP contribution in [0.5, 0.6) is 5.75 Å². The Balaban J connectivity index is 0.00000176. The van der Waals surface area contributed by atoms with Gasteiger partial charge in [0.1, 0.15) is 5.75 Å². The van der Waals surface area contributed by atoms with E-state index in [2.05, 4.69) is 38.4 Å². The largest absolute Gasteiger partial charge is 0.493 e. The molecule has 7 heteroatoms. The summed E-state index contributed by atoms with van der Waals surface area (Å²) in [6, 6.07) is 10.2. The van der Waals surface area contributed by atoms with Crippen molar-refractivity contribution in [2.24, 2.45) is 10.7 Å². The van der Waals surface area contributed by atoms with Gasteiger partial charge in [-0.2, -0.15) is 0 Å². The van der Waals surface area contributed by atoms with E-state index in [0.717, 1.165) is 27.1 Å². The summed E-state index contributed by atoms with van der Waals surface area (Å²) in [4.78, 5) is 4.41. The van der Waals surface area contributed by atoms with Crippen LogP contribution in [-0.2, 0) is 6.54 Å². The summed E-state index contributed by atoms with van der Waals surface area (Å²) < 4.78 is 6.75. The van der Waals surface area contributed by atoms with E-state index < -0.39 is 0 Å². The number of nitrogens with zero attached hydrogens (tertiary/aromatic N) is 1. The van der Waals surface area contributed by atoms with Crippen molar-refractivity contribution < 1.29 is 4.74 Å². The average molecular weight is 494 g/mol. The SMILES string of the molecule is I.NC(=NCc1ccsc1Br)NC1CCOc2ccccc21. The van der Waals surface area contributed by atoms with Gasteiger partial charge in [-0.3, -0.25) is 0 Å². The Hall–Kier alpha value is -0.800. The van der Waals surface area contributed by atoms with Gasteiger partial charge < -0.3 is 15.8 Å². The number of ether oxygens (including phenoxy) is 1.